The van der Waals surface area contributed by atoms with E-state index < -0.39 is 0 Å². The fourth-order valence-electron chi connectivity index (χ4n) is 7.09. The summed E-state index contributed by atoms with van der Waals surface area (Å²) in [5.41, 5.74) is 9.08. The molecule has 0 fully saturated rings. The van der Waals surface area contributed by atoms with Gasteiger partial charge in [-0.05, 0) is 64.9 Å². The lowest BCUT2D eigenvalue weighted by molar-refractivity contribution is 0.589. The van der Waals surface area contributed by atoms with E-state index in [1.54, 1.807) is 0 Å². The van der Waals surface area contributed by atoms with Crippen molar-refractivity contribution in [2.75, 3.05) is 0 Å². The Bertz CT molecular complexity index is 2620. The minimum Gasteiger partial charge on any atom is -0.309 e. The molecule has 9 aromatic rings. The van der Waals surface area contributed by atoms with Gasteiger partial charge in [0.05, 0.1) is 27.8 Å². The third-order valence-electron chi connectivity index (χ3n) is 9.37. The lowest BCUT2D eigenvalue weighted by Gasteiger charge is -2.20. The molecule has 0 unspecified atom stereocenters. The fourth-order valence-corrected chi connectivity index (χ4v) is 7.09. The van der Waals surface area contributed by atoms with E-state index in [4.69, 9.17) is 4.98 Å². The van der Waals surface area contributed by atoms with Gasteiger partial charge in [-0.25, -0.2) is 4.98 Å². The van der Waals surface area contributed by atoms with Crippen LogP contribution in [0.4, 0.5) is 0 Å². The Hall–Kier alpha value is -5.74. The molecule has 9 rings (SSSR count). The molecular weight excluding hydrogens is 560 g/mol. The summed E-state index contributed by atoms with van der Waals surface area (Å²) < 4.78 is 4.77. The van der Waals surface area contributed by atoms with Crippen LogP contribution in [0.1, 0.15) is 26.3 Å². The van der Waals surface area contributed by atoms with Gasteiger partial charge in [0.15, 0.2) is 0 Å². The first-order valence-corrected chi connectivity index (χ1v) is 15.8. The highest BCUT2D eigenvalue weighted by atomic mass is 15.1. The third kappa shape index (κ3) is 4.00. The molecule has 0 N–H and O–H groups in total. The largest absolute Gasteiger partial charge is 0.309 e. The van der Waals surface area contributed by atoms with Crippen LogP contribution in [0.2, 0.25) is 0 Å². The van der Waals surface area contributed by atoms with Crippen molar-refractivity contribution < 1.29 is 0 Å². The maximum absolute atomic E-state index is 4.99. The number of nitrogens with zero attached hydrogens (tertiary/aromatic N) is 4. The molecular formula is C42H32N4. The van der Waals surface area contributed by atoms with Crippen LogP contribution in [0.25, 0.3) is 77.1 Å². The summed E-state index contributed by atoms with van der Waals surface area (Å²) in [6.45, 7) is 6.77. The van der Waals surface area contributed by atoms with Gasteiger partial charge in [0, 0.05) is 50.6 Å². The van der Waals surface area contributed by atoms with Crippen molar-refractivity contribution in [1.82, 2.24) is 19.1 Å². The Morgan fingerprint density at radius 3 is 2.07 bits per heavy atom. The second-order valence-corrected chi connectivity index (χ2v) is 13.2. The Kier molecular flexibility index (Phi) is 5.72. The molecule has 46 heavy (non-hydrogen) atoms. The maximum Gasteiger partial charge on any atom is 0.137 e. The fraction of sp³-hybridized carbons (Fsp3) is 0.0952. The summed E-state index contributed by atoms with van der Waals surface area (Å²) in [7, 11) is 0. The second kappa shape index (κ2) is 9.88. The number of fused-ring (bicyclic) bond motifs is 8. The first-order chi connectivity index (χ1) is 22.5. The molecule has 0 aliphatic rings. The van der Waals surface area contributed by atoms with E-state index in [9.17, 15) is 0 Å². The van der Waals surface area contributed by atoms with Crippen LogP contribution in [0.15, 0.2) is 140 Å². The minimum absolute atomic E-state index is 0.00202. The highest BCUT2D eigenvalue weighted by Crippen LogP contribution is 2.40. The zero-order chi connectivity index (χ0) is 31.0. The predicted molar refractivity (Wildman–Crippen MR) is 192 cm³/mol. The number of benzene rings is 5. The van der Waals surface area contributed by atoms with Crippen LogP contribution in [-0.4, -0.2) is 19.1 Å². The number of hydrogen-bond donors (Lipinski definition) is 0. The van der Waals surface area contributed by atoms with E-state index in [-0.39, 0.29) is 5.41 Å². The van der Waals surface area contributed by atoms with Gasteiger partial charge in [-0.3, -0.25) is 9.55 Å². The smallest absolute Gasteiger partial charge is 0.137 e. The first kappa shape index (κ1) is 26.6. The monoisotopic (exact) mass is 592 g/mol. The number of rotatable bonds is 3. The van der Waals surface area contributed by atoms with Crippen LogP contribution < -0.4 is 0 Å². The first-order valence-electron chi connectivity index (χ1n) is 15.8. The molecule has 220 valence electrons. The molecule has 0 aliphatic carbocycles. The third-order valence-corrected chi connectivity index (χ3v) is 9.37. The van der Waals surface area contributed by atoms with E-state index >= 15 is 0 Å². The van der Waals surface area contributed by atoms with E-state index in [2.05, 4.69) is 150 Å². The Balaban J connectivity index is 1.39. The van der Waals surface area contributed by atoms with Crippen molar-refractivity contribution in [1.29, 1.82) is 0 Å². The average molecular weight is 593 g/mol. The molecule has 0 saturated carbocycles. The maximum atomic E-state index is 4.99. The van der Waals surface area contributed by atoms with E-state index in [0.29, 0.717) is 0 Å². The van der Waals surface area contributed by atoms with Crippen LogP contribution in [-0.2, 0) is 5.41 Å². The van der Waals surface area contributed by atoms with Crippen molar-refractivity contribution in [3.05, 3.63) is 145 Å². The quantitative estimate of drug-likeness (QED) is 0.205. The lowest BCUT2D eigenvalue weighted by atomic mass is 9.88. The number of hydrogen-bond acceptors (Lipinski definition) is 2. The van der Waals surface area contributed by atoms with Crippen molar-refractivity contribution in [3.63, 3.8) is 0 Å². The summed E-state index contributed by atoms with van der Waals surface area (Å²) in [5.74, 6) is 0.931. The van der Waals surface area contributed by atoms with Gasteiger partial charge < -0.3 is 4.57 Å². The second-order valence-electron chi connectivity index (χ2n) is 13.2. The Labute approximate surface area is 267 Å². The zero-order valence-electron chi connectivity index (χ0n) is 26.1. The van der Waals surface area contributed by atoms with Crippen molar-refractivity contribution >= 4 is 54.4 Å². The summed E-state index contributed by atoms with van der Waals surface area (Å²) in [6.07, 6.45) is 3.81. The van der Waals surface area contributed by atoms with Gasteiger partial charge in [-0.2, -0.15) is 0 Å². The molecule has 0 spiro atoms. The van der Waals surface area contributed by atoms with Gasteiger partial charge in [0.2, 0.25) is 0 Å². The van der Waals surface area contributed by atoms with Crippen molar-refractivity contribution in [2.45, 2.75) is 26.2 Å². The summed E-state index contributed by atoms with van der Waals surface area (Å²) in [4.78, 5) is 9.64. The lowest BCUT2D eigenvalue weighted by Crippen LogP contribution is -2.12. The molecule has 0 bridgehead atoms. The van der Waals surface area contributed by atoms with Gasteiger partial charge in [-0.1, -0.05) is 99.6 Å². The number of aromatic nitrogens is 4. The molecule has 0 atom stereocenters. The molecule has 4 nitrogen and oxygen atoms in total. The highest BCUT2D eigenvalue weighted by Gasteiger charge is 2.21. The van der Waals surface area contributed by atoms with E-state index in [1.165, 1.54) is 48.9 Å². The Morgan fingerprint density at radius 1 is 0.500 bits per heavy atom. The molecule has 0 amide bonds. The van der Waals surface area contributed by atoms with E-state index in [1.807, 2.05) is 24.5 Å². The number of pyridine rings is 2. The van der Waals surface area contributed by atoms with Gasteiger partial charge in [-0.15, -0.1) is 0 Å². The summed E-state index contributed by atoms with van der Waals surface area (Å²) >= 11 is 0. The Morgan fingerprint density at radius 2 is 1.22 bits per heavy atom. The molecule has 0 aliphatic heterocycles. The predicted octanol–water partition coefficient (Wildman–Crippen LogP) is 10.8. The SMILES string of the molecule is CC(C)(C)c1ccnc(-n2c3cc(-n4c5ccccc5c5ccc(-c6ccccn6)cc54)ccc3c3ccc4ccccc4c32)c1. The molecule has 4 aromatic heterocycles. The molecule has 4 heterocycles. The minimum atomic E-state index is -0.00202. The molecule has 0 saturated heterocycles. The summed E-state index contributed by atoms with van der Waals surface area (Å²) in [6, 6.07) is 45.9. The van der Waals surface area contributed by atoms with Crippen LogP contribution in [0.5, 0.6) is 0 Å². The topological polar surface area (TPSA) is 35.6 Å². The molecule has 5 aromatic carbocycles. The van der Waals surface area contributed by atoms with Crippen LogP contribution in [0.3, 0.4) is 0 Å². The zero-order valence-corrected chi connectivity index (χ0v) is 26.1. The normalized spacial score (nSPS) is 12.2. The van der Waals surface area contributed by atoms with E-state index in [0.717, 1.165) is 33.8 Å². The molecule has 4 heteroatoms. The molecule has 0 radical (unpaired) electrons. The van der Waals surface area contributed by atoms with Crippen molar-refractivity contribution in [3.8, 4) is 22.8 Å². The van der Waals surface area contributed by atoms with Gasteiger partial charge >= 0.3 is 0 Å². The number of para-hydroxylation sites is 1. The average Bonchev–Trinajstić information content (AvgIpc) is 3.60. The van der Waals surface area contributed by atoms with Crippen LogP contribution >= 0.6 is 0 Å². The standard InChI is InChI=1S/C42H32N4/c1-42(2,3)29-21-23-44-40(25-29)46-39-26-30(17-20-34(39)35-19-15-27-10-4-5-11-31(27)41(35)46)45-37-14-7-6-12-32(37)33-18-16-28(24-38(33)45)36-13-8-9-22-43-36/h4-26H,1-3H3. The van der Waals surface area contributed by atoms with Gasteiger partial charge in [0.25, 0.3) is 0 Å². The highest BCUT2D eigenvalue weighted by molar-refractivity contribution is 6.19. The summed E-state index contributed by atoms with van der Waals surface area (Å²) in [5, 5.41) is 7.33. The van der Waals surface area contributed by atoms with Crippen LogP contribution in [0, 0.1) is 0 Å². The van der Waals surface area contributed by atoms with Gasteiger partial charge in [0.1, 0.15) is 5.82 Å². The van der Waals surface area contributed by atoms with Crippen molar-refractivity contribution in [2.24, 2.45) is 0 Å².